The van der Waals surface area contributed by atoms with Gasteiger partial charge in [-0.2, -0.15) is 0 Å². The SMILES string of the molecule is CCN1CCC(NC(=O)c2cc(Br)cn2C)CC1. The fraction of sp³-hybridized carbons (Fsp3) is 0.615. The third-order valence-corrected chi connectivity index (χ3v) is 4.01. The summed E-state index contributed by atoms with van der Waals surface area (Å²) in [4.78, 5) is 14.6. The minimum absolute atomic E-state index is 0.0261. The zero-order valence-corrected chi connectivity index (χ0v) is 12.5. The molecule has 1 saturated heterocycles. The van der Waals surface area contributed by atoms with Crippen LogP contribution >= 0.6 is 15.9 Å². The van der Waals surface area contributed by atoms with E-state index in [0.717, 1.165) is 36.9 Å². The lowest BCUT2D eigenvalue weighted by Crippen LogP contribution is -2.44. The summed E-state index contributed by atoms with van der Waals surface area (Å²) in [6, 6.07) is 2.17. The van der Waals surface area contributed by atoms with Crippen LogP contribution < -0.4 is 5.32 Å². The molecule has 1 aromatic heterocycles. The van der Waals surface area contributed by atoms with E-state index in [2.05, 4.69) is 33.1 Å². The van der Waals surface area contributed by atoms with E-state index >= 15 is 0 Å². The summed E-state index contributed by atoms with van der Waals surface area (Å²) in [5, 5.41) is 3.13. The van der Waals surface area contributed by atoms with Crippen molar-refractivity contribution in [1.82, 2.24) is 14.8 Å². The topological polar surface area (TPSA) is 37.3 Å². The number of carbonyl (C=O) groups excluding carboxylic acids is 1. The Morgan fingerprint density at radius 1 is 1.50 bits per heavy atom. The Balaban J connectivity index is 1.90. The molecule has 0 bridgehead atoms. The Morgan fingerprint density at radius 3 is 2.67 bits per heavy atom. The molecule has 2 rings (SSSR count). The van der Waals surface area contributed by atoms with Gasteiger partial charge in [-0.3, -0.25) is 4.79 Å². The van der Waals surface area contributed by atoms with Crippen LogP contribution in [0.15, 0.2) is 16.7 Å². The molecular formula is C13H20BrN3O. The van der Waals surface area contributed by atoms with E-state index in [9.17, 15) is 4.79 Å². The van der Waals surface area contributed by atoms with Gasteiger partial charge in [-0.05, 0) is 41.4 Å². The fourth-order valence-electron chi connectivity index (χ4n) is 2.40. The second-order valence-corrected chi connectivity index (χ2v) is 5.75. The third-order valence-electron chi connectivity index (χ3n) is 3.57. The van der Waals surface area contributed by atoms with Crippen molar-refractivity contribution in [3.05, 3.63) is 22.4 Å². The molecule has 0 aromatic carbocycles. The van der Waals surface area contributed by atoms with Gasteiger partial charge < -0.3 is 14.8 Å². The van der Waals surface area contributed by atoms with E-state index in [4.69, 9.17) is 0 Å². The lowest BCUT2D eigenvalue weighted by molar-refractivity contribution is 0.0904. The number of hydrogen-bond acceptors (Lipinski definition) is 2. The largest absolute Gasteiger partial charge is 0.348 e. The Labute approximate surface area is 116 Å². The lowest BCUT2D eigenvalue weighted by atomic mass is 10.1. The van der Waals surface area contributed by atoms with E-state index in [-0.39, 0.29) is 5.91 Å². The van der Waals surface area contributed by atoms with Crippen molar-refractivity contribution in [3.8, 4) is 0 Å². The molecule has 1 amide bonds. The molecule has 0 unspecified atom stereocenters. The lowest BCUT2D eigenvalue weighted by Gasteiger charge is -2.31. The van der Waals surface area contributed by atoms with Gasteiger partial charge in [-0.25, -0.2) is 0 Å². The molecule has 4 nitrogen and oxygen atoms in total. The Kier molecular flexibility index (Phi) is 4.45. The van der Waals surface area contributed by atoms with Crippen molar-refractivity contribution in [1.29, 1.82) is 0 Å². The Bertz CT molecular complexity index is 422. The highest BCUT2D eigenvalue weighted by molar-refractivity contribution is 9.10. The average Bonchev–Trinajstić information content (AvgIpc) is 2.69. The van der Waals surface area contributed by atoms with Crippen LogP contribution in [0.5, 0.6) is 0 Å². The van der Waals surface area contributed by atoms with Gasteiger partial charge in [0.05, 0.1) is 0 Å². The molecule has 100 valence electrons. The van der Waals surface area contributed by atoms with Gasteiger partial charge in [0.2, 0.25) is 0 Å². The van der Waals surface area contributed by atoms with Crippen LogP contribution in [0.1, 0.15) is 30.3 Å². The Morgan fingerprint density at radius 2 is 2.17 bits per heavy atom. The first-order valence-corrected chi connectivity index (χ1v) is 7.24. The molecule has 1 aliphatic heterocycles. The van der Waals surface area contributed by atoms with E-state index in [1.807, 2.05) is 23.9 Å². The van der Waals surface area contributed by atoms with Crippen molar-refractivity contribution in [2.45, 2.75) is 25.8 Å². The van der Waals surface area contributed by atoms with Crippen LogP contribution in [0.2, 0.25) is 0 Å². The van der Waals surface area contributed by atoms with Crippen molar-refractivity contribution >= 4 is 21.8 Å². The number of aromatic nitrogens is 1. The van der Waals surface area contributed by atoms with Crippen LogP contribution in [0.25, 0.3) is 0 Å². The summed E-state index contributed by atoms with van der Waals surface area (Å²) in [5.41, 5.74) is 0.708. The number of aryl methyl sites for hydroxylation is 1. The number of nitrogens with one attached hydrogen (secondary N) is 1. The minimum atomic E-state index is 0.0261. The minimum Gasteiger partial charge on any atom is -0.348 e. The highest BCUT2D eigenvalue weighted by Crippen LogP contribution is 2.15. The maximum absolute atomic E-state index is 12.1. The summed E-state index contributed by atoms with van der Waals surface area (Å²) in [7, 11) is 1.89. The van der Waals surface area contributed by atoms with Crippen LogP contribution in [0.4, 0.5) is 0 Å². The quantitative estimate of drug-likeness (QED) is 0.926. The van der Waals surface area contributed by atoms with E-state index < -0.39 is 0 Å². The zero-order chi connectivity index (χ0) is 13.1. The number of nitrogens with zero attached hydrogens (tertiary/aromatic N) is 2. The average molecular weight is 314 g/mol. The summed E-state index contributed by atoms with van der Waals surface area (Å²) in [6.07, 6.45) is 3.99. The van der Waals surface area contributed by atoms with E-state index in [1.165, 1.54) is 0 Å². The number of hydrogen-bond donors (Lipinski definition) is 1. The number of rotatable bonds is 3. The first-order valence-electron chi connectivity index (χ1n) is 6.45. The number of likely N-dealkylation sites (tertiary alicyclic amines) is 1. The molecule has 1 N–H and O–H groups in total. The smallest absolute Gasteiger partial charge is 0.268 e. The molecule has 1 aromatic rings. The van der Waals surface area contributed by atoms with Gasteiger partial charge in [0, 0.05) is 36.8 Å². The summed E-state index contributed by atoms with van der Waals surface area (Å²) >= 11 is 3.39. The van der Waals surface area contributed by atoms with Crippen molar-refractivity contribution < 1.29 is 4.79 Å². The van der Waals surface area contributed by atoms with Crippen molar-refractivity contribution in [2.75, 3.05) is 19.6 Å². The highest BCUT2D eigenvalue weighted by atomic mass is 79.9. The standard InChI is InChI=1S/C13H20BrN3O/c1-3-17-6-4-11(5-7-17)15-13(18)12-8-10(14)9-16(12)2/h8-9,11H,3-7H2,1-2H3,(H,15,18). The second kappa shape index (κ2) is 5.89. The van der Waals surface area contributed by atoms with Gasteiger partial charge in [-0.1, -0.05) is 6.92 Å². The molecule has 0 spiro atoms. The highest BCUT2D eigenvalue weighted by Gasteiger charge is 2.21. The van der Waals surface area contributed by atoms with Gasteiger partial charge in [0.25, 0.3) is 5.91 Å². The van der Waals surface area contributed by atoms with E-state index in [1.54, 1.807) is 0 Å². The molecule has 18 heavy (non-hydrogen) atoms. The fourth-order valence-corrected chi connectivity index (χ4v) is 2.93. The predicted octanol–water partition coefficient (Wildman–Crippen LogP) is 2.00. The monoisotopic (exact) mass is 313 g/mol. The van der Waals surface area contributed by atoms with Gasteiger partial charge in [0.15, 0.2) is 0 Å². The summed E-state index contributed by atoms with van der Waals surface area (Å²) in [5.74, 6) is 0.0261. The van der Waals surface area contributed by atoms with Crippen molar-refractivity contribution in [3.63, 3.8) is 0 Å². The predicted molar refractivity (Wildman–Crippen MR) is 75.7 cm³/mol. The number of carbonyl (C=O) groups is 1. The molecule has 0 radical (unpaired) electrons. The van der Waals surface area contributed by atoms with E-state index in [0.29, 0.717) is 11.7 Å². The molecule has 1 aliphatic rings. The first kappa shape index (κ1) is 13.6. The van der Waals surface area contributed by atoms with Crippen molar-refractivity contribution in [2.24, 2.45) is 7.05 Å². The maximum atomic E-state index is 12.1. The van der Waals surface area contributed by atoms with Gasteiger partial charge >= 0.3 is 0 Å². The number of amides is 1. The normalized spacial score (nSPS) is 17.9. The second-order valence-electron chi connectivity index (χ2n) is 4.84. The van der Waals surface area contributed by atoms with Crippen LogP contribution in [0.3, 0.4) is 0 Å². The van der Waals surface area contributed by atoms with Gasteiger partial charge in [0.1, 0.15) is 5.69 Å². The molecule has 2 heterocycles. The molecule has 5 heteroatoms. The third kappa shape index (κ3) is 3.14. The summed E-state index contributed by atoms with van der Waals surface area (Å²) in [6.45, 7) is 5.45. The molecule has 0 saturated carbocycles. The molecular weight excluding hydrogens is 294 g/mol. The first-order chi connectivity index (χ1) is 8.60. The molecule has 1 fully saturated rings. The number of piperidine rings is 1. The number of halogens is 1. The van der Waals surface area contributed by atoms with Gasteiger partial charge in [-0.15, -0.1) is 0 Å². The van der Waals surface area contributed by atoms with Crippen LogP contribution in [-0.4, -0.2) is 41.1 Å². The van der Waals surface area contributed by atoms with Crippen LogP contribution in [-0.2, 0) is 7.05 Å². The molecule has 0 aliphatic carbocycles. The van der Waals surface area contributed by atoms with Crippen LogP contribution in [0, 0.1) is 0 Å². The maximum Gasteiger partial charge on any atom is 0.268 e. The summed E-state index contributed by atoms with van der Waals surface area (Å²) < 4.78 is 2.79. The molecule has 0 atom stereocenters. The Hall–Kier alpha value is -0.810. The zero-order valence-electron chi connectivity index (χ0n) is 10.9.